The van der Waals surface area contributed by atoms with Crippen molar-refractivity contribution in [1.29, 1.82) is 0 Å². The van der Waals surface area contributed by atoms with E-state index in [1.165, 1.54) is 10.9 Å². The van der Waals surface area contributed by atoms with Gasteiger partial charge >= 0.3 is 0 Å². The van der Waals surface area contributed by atoms with Crippen LogP contribution in [0.25, 0.3) is 11.4 Å². The molecule has 0 atom stereocenters. The SMILES string of the molecule is Cc1ccc(-c2nnnn2CCS(C)(=O)=O)cc1N. The molecule has 7 nitrogen and oxygen atoms in total. The van der Waals surface area contributed by atoms with Gasteiger partial charge in [-0.2, -0.15) is 0 Å². The molecule has 2 aromatic rings. The van der Waals surface area contributed by atoms with Crippen LogP contribution in [0.4, 0.5) is 5.69 Å². The number of benzene rings is 1. The fourth-order valence-corrected chi connectivity index (χ4v) is 2.10. The van der Waals surface area contributed by atoms with Crippen molar-refractivity contribution >= 4 is 15.5 Å². The molecule has 0 aliphatic heterocycles. The Hall–Kier alpha value is -1.96. The number of nitrogen functional groups attached to an aromatic ring is 1. The standard InChI is InChI=1S/C11H15N5O2S/c1-8-3-4-9(7-10(8)12)11-13-14-15-16(11)5-6-19(2,17)18/h3-4,7H,5-6,12H2,1-2H3. The maximum absolute atomic E-state index is 11.2. The van der Waals surface area contributed by atoms with Gasteiger partial charge in [0.1, 0.15) is 9.84 Å². The van der Waals surface area contributed by atoms with Gasteiger partial charge in [0.25, 0.3) is 0 Å². The van der Waals surface area contributed by atoms with Crippen molar-refractivity contribution in [1.82, 2.24) is 20.2 Å². The lowest BCUT2D eigenvalue weighted by molar-refractivity contribution is 0.581. The molecule has 1 aromatic heterocycles. The fraction of sp³-hybridized carbons (Fsp3) is 0.364. The number of aromatic nitrogens is 4. The molecule has 0 spiro atoms. The van der Waals surface area contributed by atoms with Crippen LogP contribution in [0.15, 0.2) is 18.2 Å². The van der Waals surface area contributed by atoms with E-state index in [1.807, 2.05) is 19.1 Å². The second-order valence-electron chi connectivity index (χ2n) is 4.43. The van der Waals surface area contributed by atoms with E-state index in [0.29, 0.717) is 11.5 Å². The number of tetrazole rings is 1. The van der Waals surface area contributed by atoms with Crippen LogP contribution in [0, 0.1) is 6.92 Å². The number of hydrogen-bond donors (Lipinski definition) is 1. The van der Waals surface area contributed by atoms with Crippen LogP contribution in [0.1, 0.15) is 5.56 Å². The molecular weight excluding hydrogens is 266 g/mol. The largest absolute Gasteiger partial charge is 0.398 e. The molecule has 0 fully saturated rings. The van der Waals surface area contributed by atoms with Crippen LogP contribution >= 0.6 is 0 Å². The topological polar surface area (TPSA) is 104 Å². The third-order valence-electron chi connectivity index (χ3n) is 2.74. The van der Waals surface area contributed by atoms with Gasteiger partial charge in [0.2, 0.25) is 0 Å². The number of hydrogen-bond acceptors (Lipinski definition) is 6. The highest BCUT2D eigenvalue weighted by molar-refractivity contribution is 7.90. The van der Waals surface area contributed by atoms with Crippen LogP contribution in [-0.2, 0) is 16.4 Å². The molecule has 0 radical (unpaired) electrons. The maximum atomic E-state index is 11.2. The van der Waals surface area contributed by atoms with Crippen molar-refractivity contribution in [3.05, 3.63) is 23.8 Å². The van der Waals surface area contributed by atoms with Crippen LogP contribution in [0.5, 0.6) is 0 Å². The lowest BCUT2D eigenvalue weighted by Crippen LogP contribution is -2.13. The summed E-state index contributed by atoms with van der Waals surface area (Å²) in [7, 11) is -3.06. The highest BCUT2D eigenvalue weighted by Gasteiger charge is 2.12. The zero-order valence-electron chi connectivity index (χ0n) is 10.7. The van der Waals surface area contributed by atoms with Crippen molar-refractivity contribution in [2.75, 3.05) is 17.7 Å². The Morgan fingerprint density at radius 1 is 1.37 bits per heavy atom. The van der Waals surface area contributed by atoms with Gasteiger partial charge in [0.05, 0.1) is 12.3 Å². The van der Waals surface area contributed by atoms with Crippen molar-refractivity contribution in [3.8, 4) is 11.4 Å². The Balaban J connectivity index is 2.30. The summed E-state index contributed by atoms with van der Waals surface area (Å²) in [6.45, 7) is 2.13. The third kappa shape index (κ3) is 3.28. The molecular formula is C11H15N5O2S. The zero-order valence-corrected chi connectivity index (χ0v) is 11.6. The molecule has 19 heavy (non-hydrogen) atoms. The number of anilines is 1. The number of rotatable bonds is 4. The van der Waals surface area contributed by atoms with E-state index in [4.69, 9.17) is 5.73 Å². The third-order valence-corrected chi connectivity index (χ3v) is 3.67. The molecule has 0 bridgehead atoms. The Labute approximate surface area is 111 Å². The summed E-state index contributed by atoms with van der Waals surface area (Å²) in [4.78, 5) is 0. The average molecular weight is 281 g/mol. The Morgan fingerprint density at radius 3 is 2.74 bits per heavy atom. The van der Waals surface area contributed by atoms with Crippen molar-refractivity contribution in [3.63, 3.8) is 0 Å². The summed E-state index contributed by atoms with van der Waals surface area (Å²) in [6, 6.07) is 5.51. The molecule has 8 heteroatoms. The van der Waals surface area contributed by atoms with Crippen LogP contribution in [-0.4, -0.2) is 40.6 Å². The smallest absolute Gasteiger partial charge is 0.182 e. The van der Waals surface area contributed by atoms with Crippen molar-refractivity contribution < 1.29 is 8.42 Å². The predicted octanol–water partition coefficient (Wildman–Crippen LogP) is 0.275. The van der Waals surface area contributed by atoms with E-state index < -0.39 is 9.84 Å². The molecule has 0 amide bonds. The minimum absolute atomic E-state index is 0.00756. The molecule has 0 aliphatic carbocycles. The van der Waals surface area contributed by atoms with Crippen molar-refractivity contribution in [2.24, 2.45) is 0 Å². The summed E-state index contributed by atoms with van der Waals surface area (Å²) in [5.41, 5.74) is 8.23. The van der Waals surface area contributed by atoms with Crippen LogP contribution in [0.3, 0.4) is 0 Å². The Bertz CT molecular complexity index is 693. The molecule has 1 heterocycles. The van der Waals surface area contributed by atoms with E-state index in [9.17, 15) is 8.42 Å². The first-order chi connectivity index (χ1) is 8.87. The van der Waals surface area contributed by atoms with E-state index in [-0.39, 0.29) is 12.3 Å². The normalized spacial score (nSPS) is 11.7. The molecule has 2 N–H and O–H groups in total. The lowest BCUT2D eigenvalue weighted by Gasteiger charge is -2.06. The van der Waals surface area contributed by atoms with Gasteiger partial charge < -0.3 is 5.73 Å². The lowest BCUT2D eigenvalue weighted by atomic mass is 10.1. The summed E-state index contributed by atoms with van der Waals surface area (Å²) < 4.78 is 23.8. The average Bonchev–Trinajstić information content (AvgIpc) is 2.77. The molecule has 102 valence electrons. The van der Waals surface area contributed by atoms with Gasteiger partial charge in [-0.05, 0) is 29.0 Å². The Kier molecular flexibility index (Phi) is 3.52. The number of nitrogens with zero attached hydrogens (tertiary/aromatic N) is 4. The van der Waals surface area contributed by atoms with Gasteiger partial charge in [-0.15, -0.1) is 5.10 Å². The first kappa shape index (κ1) is 13.5. The van der Waals surface area contributed by atoms with Gasteiger partial charge in [-0.1, -0.05) is 12.1 Å². The van der Waals surface area contributed by atoms with Crippen LogP contribution in [0.2, 0.25) is 0 Å². The monoisotopic (exact) mass is 281 g/mol. The quantitative estimate of drug-likeness (QED) is 0.807. The highest BCUT2D eigenvalue weighted by Crippen LogP contribution is 2.21. The number of aryl methyl sites for hydroxylation is 2. The molecule has 2 rings (SSSR count). The minimum atomic E-state index is -3.06. The second-order valence-corrected chi connectivity index (χ2v) is 6.69. The fourth-order valence-electron chi connectivity index (χ4n) is 1.59. The number of nitrogens with two attached hydrogens (primary N) is 1. The van der Waals surface area contributed by atoms with Crippen LogP contribution < -0.4 is 5.73 Å². The van der Waals surface area contributed by atoms with Gasteiger partial charge in [0.15, 0.2) is 5.82 Å². The number of sulfone groups is 1. The Morgan fingerprint density at radius 2 is 2.11 bits per heavy atom. The van der Waals surface area contributed by atoms with E-state index in [1.54, 1.807) is 6.07 Å². The molecule has 0 aliphatic rings. The molecule has 1 aromatic carbocycles. The predicted molar refractivity (Wildman–Crippen MR) is 72.1 cm³/mol. The molecule has 0 saturated carbocycles. The minimum Gasteiger partial charge on any atom is -0.398 e. The van der Waals surface area contributed by atoms with Crippen molar-refractivity contribution in [2.45, 2.75) is 13.5 Å². The van der Waals surface area contributed by atoms with Gasteiger partial charge in [0, 0.05) is 17.5 Å². The highest BCUT2D eigenvalue weighted by atomic mass is 32.2. The maximum Gasteiger partial charge on any atom is 0.182 e. The second kappa shape index (κ2) is 4.96. The summed E-state index contributed by atoms with van der Waals surface area (Å²) in [5.74, 6) is 0.502. The summed E-state index contributed by atoms with van der Waals surface area (Å²) in [5, 5.41) is 11.3. The first-order valence-electron chi connectivity index (χ1n) is 5.67. The van der Waals surface area contributed by atoms with E-state index in [2.05, 4.69) is 15.5 Å². The van der Waals surface area contributed by atoms with E-state index >= 15 is 0 Å². The first-order valence-corrected chi connectivity index (χ1v) is 7.73. The van der Waals surface area contributed by atoms with Gasteiger partial charge in [-0.25, -0.2) is 13.1 Å². The molecule has 0 saturated heterocycles. The van der Waals surface area contributed by atoms with E-state index in [0.717, 1.165) is 11.1 Å². The van der Waals surface area contributed by atoms with Gasteiger partial charge in [-0.3, -0.25) is 0 Å². The molecule has 0 unspecified atom stereocenters. The summed E-state index contributed by atoms with van der Waals surface area (Å²) in [6.07, 6.45) is 1.18. The zero-order chi connectivity index (χ0) is 14.0. The summed E-state index contributed by atoms with van der Waals surface area (Å²) >= 11 is 0.